The number of hydrogen-bond donors (Lipinski definition) is 1. The van der Waals surface area contributed by atoms with E-state index in [1.54, 1.807) is 0 Å². The van der Waals surface area contributed by atoms with E-state index in [0.717, 1.165) is 0 Å². The van der Waals surface area contributed by atoms with Crippen molar-refractivity contribution in [2.75, 3.05) is 0 Å². The van der Waals surface area contributed by atoms with Crippen molar-refractivity contribution >= 4 is 0 Å². The summed E-state index contributed by atoms with van der Waals surface area (Å²) < 4.78 is 0. The summed E-state index contributed by atoms with van der Waals surface area (Å²) in [5, 5.41) is 3.17. The molecule has 0 aromatic rings. The van der Waals surface area contributed by atoms with Crippen LogP contribution in [0, 0.1) is 0 Å². The standard InChI is InChI=1S/C6H11N/c1-2-3-6-4-5-7-6/h4-7H,2-3H2,1H3/t6-/m0/s1. The Kier molecular flexibility index (Phi) is 1.35. The van der Waals surface area contributed by atoms with Gasteiger partial charge in [-0.15, -0.1) is 0 Å². The van der Waals surface area contributed by atoms with Gasteiger partial charge in [0.15, 0.2) is 0 Å². The molecule has 40 valence electrons. The molecule has 1 atom stereocenters. The van der Waals surface area contributed by atoms with E-state index >= 15 is 0 Å². The molecular weight excluding hydrogens is 86.1 g/mol. The zero-order chi connectivity index (χ0) is 5.11. The molecule has 0 bridgehead atoms. The predicted molar refractivity (Wildman–Crippen MR) is 31.0 cm³/mol. The molecule has 0 fully saturated rings. The van der Waals surface area contributed by atoms with Gasteiger partial charge in [-0.2, -0.15) is 0 Å². The monoisotopic (exact) mass is 97.1 g/mol. The maximum Gasteiger partial charge on any atom is 0.0455 e. The lowest BCUT2D eigenvalue weighted by Crippen LogP contribution is -2.29. The number of rotatable bonds is 2. The maximum absolute atomic E-state index is 3.17. The fraction of sp³-hybridized carbons (Fsp3) is 0.667. The Hall–Kier alpha value is -0.460. The van der Waals surface area contributed by atoms with Gasteiger partial charge in [0.1, 0.15) is 0 Å². The fourth-order valence-corrected chi connectivity index (χ4v) is 0.723. The van der Waals surface area contributed by atoms with E-state index < -0.39 is 0 Å². The van der Waals surface area contributed by atoms with Gasteiger partial charge in [-0.25, -0.2) is 0 Å². The predicted octanol–water partition coefficient (Wildman–Crippen LogP) is 1.27. The summed E-state index contributed by atoms with van der Waals surface area (Å²) in [7, 11) is 0. The highest BCUT2D eigenvalue weighted by Gasteiger charge is 2.04. The van der Waals surface area contributed by atoms with E-state index in [9.17, 15) is 0 Å². The van der Waals surface area contributed by atoms with Crippen molar-refractivity contribution < 1.29 is 0 Å². The van der Waals surface area contributed by atoms with Gasteiger partial charge < -0.3 is 5.32 Å². The third-order valence-electron chi connectivity index (χ3n) is 1.24. The molecule has 0 aliphatic carbocycles. The lowest BCUT2D eigenvalue weighted by Gasteiger charge is -2.18. The molecule has 0 spiro atoms. The van der Waals surface area contributed by atoms with Crippen molar-refractivity contribution in [2.24, 2.45) is 0 Å². The van der Waals surface area contributed by atoms with E-state index in [1.807, 2.05) is 6.20 Å². The minimum Gasteiger partial charge on any atom is -0.385 e. The highest BCUT2D eigenvalue weighted by molar-refractivity contribution is 5.03. The van der Waals surface area contributed by atoms with Crippen LogP contribution in [0.5, 0.6) is 0 Å². The summed E-state index contributed by atoms with van der Waals surface area (Å²) in [5.41, 5.74) is 0. The molecule has 0 saturated heterocycles. The first-order valence-corrected chi connectivity index (χ1v) is 2.86. The van der Waals surface area contributed by atoms with E-state index in [-0.39, 0.29) is 0 Å². The Morgan fingerprint density at radius 2 is 2.43 bits per heavy atom. The molecule has 1 nitrogen and oxygen atoms in total. The van der Waals surface area contributed by atoms with Crippen LogP contribution in [0.2, 0.25) is 0 Å². The fourth-order valence-electron chi connectivity index (χ4n) is 0.723. The third kappa shape index (κ3) is 0.952. The molecule has 0 saturated carbocycles. The van der Waals surface area contributed by atoms with Crippen molar-refractivity contribution in [3.63, 3.8) is 0 Å². The normalized spacial score (nSPS) is 26.1. The van der Waals surface area contributed by atoms with E-state index in [1.165, 1.54) is 12.8 Å². The molecule has 1 rings (SSSR count). The summed E-state index contributed by atoms with van der Waals surface area (Å²) in [6, 6.07) is 0.699. The van der Waals surface area contributed by atoms with E-state index in [4.69, 9.17) is 0 Å². The van der Waals surface area contributed by atoms with E-state index in [2.05, 4.69) is 18.3 Å². The Labute approximate surface area is 44.4 Å². The molecule has 1 N–H and O–H groups in total. The van der Waals surface area contributed by atoms with Crippen LogP contribution in [0.1, 0.15) is 19.8 Å². The molecule has 7 heavy (non-hydrogen) atoms. The Morgan fingerprint density at radius 1 is 1.71 bits per heavy atom. The summed E-state index contributed by atoms with van der Waals surface area (Å²) >= 11 is 0. The summed E-state index contributed by atoms with van der Waals surface area (Å²) in [4.78, 5) is 0. The van der Waals surface area contributed by atoms with Gasteiger partial charge in [0.05, 0.1) is 0 Å². The molecule has 1 heterocycles. The van der Waals surface area contributed by atoms with Gasteiger partial charge in [0.2, 0.25) is 0 Å². The van der Waals surface area contributed by atoms with Gasteiger partial charge in [0.25, 0.3) is 0 Å². The van der Waals surface area contributed by atoms with Crippen molar-refractivity contribution in [1.82, 2.24) is 5.32 Å². The second-order valence-corrected chi connectivity index (χ2v) is 1.92. The van der Waals surface area contributed by atoms with Crippen molar-refractivity contribution in [2.45, 2.75) is 25.8 Å². The van der Waals surface area contributed by atoms with Crippen LogP contribution >= 0.6 is 0 Å². The minimum absolute atomic E-state index is 0.699. The summed E-state index contributed by atoms with van der Waals surface area (Å²) in [6.07, 6.45) is 6.77. The lowest BCUT2D eigenvalue weighted by atomic mass is 10.1. The first-order valence-electron chi connectivity index (χ1n) is 2.86. The Morgan fingerprint density at radius 3 is 2.57 bits per heavy atom. The van der Waals surface area contributed by atoms with Crippen molar-refractivity contribution in [1.29, 1.82) is 0 Å². The first-order chi connectivity index (χ1) is 3.43. The molecule has 0 amide bonds. The molecule has 0 aromatic heterocycles. The van der Waals surface area contributed by atoms with Gasteiger partial charge in [-0.3, -0.25) is 0 Å². The van der Waals surface area contributed by atoms with Crippen LogP contribution in [-0.4, -0.2) is 6.04 Å². The topological polar surface area (TPSA) is 12.0 Å². The zero-order valence-electron chi connectivity index (χ0n) is 4.65. The maximum atomic E-state index is 3.17. The quantitative estimate of drug-likeness (QED) is 0.547. The largest absolute Gasteiger partial charge is 0.385 e. The summed E-state index contributed by atoms with van der Waals surface area (Å²) in [6.45, 7) is 2.20. The van der Waals surface area contributed by atoms with Gasteiger partial charge in [0, 0.05) is 6.04 Å². The molecular formula is C6H11N. The number of hydrogen-bond acceptors (Lipinski definition) is 1. The Bertz CT molecular complexity index is 76.2. The molecule has 0 radical (unpaired) electrons. The van der Waals surface area contributed by atoms with Crippen LogP contribution in [0.25, 0.3) is 0 Å². The molecule has 0 aromatic carbocycles. The molecule has 1 heteroatoms. The van der Waals surface area contributed by atoms with Crippen molar-refractivity contribution in [3.8, 4) is 0 Å². The summed E-state index contributed by atoms with van der Waals surface area (Å²) in [5.74, 6) is 0. The second kappa shape index (κ2) is 2.01. The van der Waals surface area contributed by atoms with Gasteiger partial charge >= 0.3 is 0 Å². The first kappa shape index (κ1) is 4.69. The van der Waals surface area contributed by atoms with Crippen LogP contribution in [0.3, 0.4) is 0 Å². The van der Waals surface area contributed by atoms with Crippen LogP contribution in [0.4, 0.5) is 0 Å². The van der Waals surface area contributed by atoms with Crippen LogP contribution < -0.4 is 5.32 Å². The minimum atomic E-state index is 0.699. The molecule has 0 unspecified atom stereocenters. The smallest absolute Gasteiger partial charge is 0.0455 e. The average molecular weight is 97.2 g/mol. The number of nitrogens with one attached hydrogen (secondary N) is 1. The van der Waals surface area contributed by atoms with E-state index in [0.29, 0.717) is 6.04 Å². The highest BCUT2D eigenvalue weighted by Crippen LogP contribution is 2.03. The molecule has 1 aliphatic heterocycles. The third-order valence-corrected chi connectivity index (χ3v) is 1.24. The highest BCUT2D eigenvalue weighted by atomic mass is 14.9. The van der Waals surface area contributed by atoms with Gasteiger partial charge in [-0.05, 0) is 18.7 Å². The van der Waals surface area contributed by atoms with Crippen molar-refractivity contribution in [3.05, 3.63) is 12.3 Å². The lowest BCUT2D eigenvalue weighted by molar-refractivity contribution is 0.582. The van der Waals surface area contributed by atoms with Crippen LogP contribution in [0.15, 0.2) is 12.3 Å². The Balaban J connectivity index is 2.06. The zero-order valence-corrected chi connectivity index (χ0v) is 4.65. The SMILES string of the molecule is CCC[C@H]1C=CN1. The molecule has 1 aliphatic rings. The van der Waals surface area contributed by atoms with Crippen LogP contribution in [-0.2, 0) is 0 Å². The average Bonchev–Trinajstić information content (AvgIpc) is 1.55. The second-order valence-electron chi connectivity index (χ2n) is 1.92. The van der Waals surface area contributed by atoms with Gasteiger partial charge in [-0.1, -0.05) is 13.3 Å².